The van der Waals surface area contributed by atoms with Crippen LogP contribution in [0.1, 0.15) is 37.1 Å². The number of carbonyl (C=O) groups is 1. The lowest BCUT2D eigenvalue weighted by Gasteiger charge is -2.34. The topological polar surface area (TPSA) is 125 Å². The van der Waals surface area contributed by atoms with Gasteiger partial charge in [0.15, 0.2) is 0 Å². The molecule has 2 heterocycles. The summed E-state index contributed by atoms with van der Waals surface area (Å²) >= 11 is 0. The summed E-state index contributed by atoms with van der Waals surface area (Å²) in [5.41, 5.74) is 0.707. The molecular formula is C22H27N5O4S. The van der Waals surface area contributed by atoms with Crippen LogP contribution in [0.2, 0.25) is 0 Å². The summed E-state index contributed by atoms with van der Waals surface area (Å²) in [6.07, 6.45) is 1.01. The Labute approximate surface area is 187 Å². The molecule has 0 aliphatic carbocycles. The van der Waals surface area contributed by atoms with Gasteiger partial charge < -0.3 is 5.32 Å². The second-order valence-corrected chi connectivity index (χ2v) is 10.4. The number of hydrogen-bond acceptors (Lipinski definition) is 6. The number of aryl methyl sites for hydroxylation is 1. The number of carbonyl (C=O) groups excluding carboxylic acids is 1. The summed E-state index contributed by atoms with van der Waals surface area (Å²) in [6.45, 7) is 8.01. The zero-order valence-corrected chi connectivity index (χ0v) is 19.4. The number of sulfonamides is 1. The number of amides is 1. The third-order valence-corrected chi connectivity index (χ3v) is 7.50. The van der Waals surface area contributed by atoms with Gasteiger partial charge in [-0.3, -0.25) is 9.59 Å². The number of hydrogen-bond donors (Lipinski definition) is 1. The van der Waals surface area contributed by atoms with Gasteiger partial charge in [0.05, 0.1) is 10.6 Å². The maximum Gasteiger partial charge on any atom is 0.285 e. The first-order valence-electron chi connectivity index (χ1n) is 10.4. The zero-order valence-electron chi connectivity index (χ0n) is 18.6. The number of anilines is 1. The third-order valence-electron chi connectivity index (χ3n) is 5.65. The quantitative estimate of drug-likeness (QED) is 0.732. The molecule has 1 N–H and O–H groups in total. The summed E-state index contributed by atoms with van der Waals surface area (Å²) in [5.74, 6) is 0.0909. The molecule has 1 saturated heterocycles. The van der Waals surface area contributed by atoms with Crippen molar-refractivity contribution in [3.8, 4) is 6.07 Å². The third kappa shape index (κ3) is 4.89. The Hall–Kier alpha value is -3.03. The van der Waals surface area contributed by atoms with E-state index in [1.807, 2.05) is 19.9 Å². The normalized spacial score (nSPS) is 19.3. The van der Waals surface area contributed by atoms with Crippen LogP contribution in [-0.2, 0) is 21.4 Å². The van der Waals surface area contributed by atoms with Crippen LogP contribution in [0.4, 0.5) is 5.69 Å². The lowest BCUT2D eigenvalue weighted by molar-refractivity contribution is -0.117. The molecule has 1 aromatic carbocycles. The van der Waals surface area contributed by atoms with Crippen molar-refractivity contribution in [1.29, 1.82) is 5.26 Å². The van der Waals surface area contributed by atoms with E-state index in [4.69, 9.17) is 0 Å². The molecule has 3 rings (SSSR count). The van der Waals surface area contributed by atoms with E-state index in [0.29, 0.717) is 41.9 Å². The number of nitriles is 1. The van der Waals surface area contributed by atoms with Crippen LogP contribution in [-0.4, -0.2) is 41.5 Å². The standard InChI is InChI=1S/C22H27N5O4S/c1-14-9-15(2)12-26(11-14)32(30,31)19-7-5-18(6-8-19)24-21(28)13-27-22(29)20(10-23)16(3)17(4)25-27/h5-8,14-15H,9,11-13H2,1-4H3,(H,24,28)/t14-,15+. The molecule has 0 radical (unpaired) electrons. The highest BCUT2D eigenvalue weighted by Crippen LogP contribution is 2.27. The molecule has 170 valence electrons. The van der Waals surface area contributed by atoms with E-state index >= 15 is 0 Å². The fourth-order valence-electron chi connectivity index (χ4n) is 4.01. The Balaban J connectivity index is 1.73. The number of benzene rings is 1. The minimum absolute atomic E-state index is 0.0405. The van der Waals surface area contributed by atoms with Crippen LogP contribution in [0.3, 0.4) is 0 Å². The van der Waals surface area contributed by atoms with E-state index in [9.17, 15) is 23.3 Å². The Morgan fingerprint density at radius 2 is 1.78 bits per heavy atom. The molecule has 1 aliphatic heterocycles. The van der Waals surface area contributed by atoms with Crippen molar-refractivity contribution in [3.63, 3.8) is 0 Å². The Bertz CT molecular complexity index is 1220. The smallest absolute Gasteiger partial charge is 0.285 e. The number of nitrogens with one attached hydrogen (secondary N) is 1. The molecule has 0 bridgehead atoms. The van der Waals surface area contributed by atoms with Gasteiger partial charge in [0, 0.05) is 18.8 Å². The number of piperidine rings is 1. The molecule has 1 amide bonds. The van der Waals surface area contributed by atoms with Crippen molar-refractivity contribution in [1.82, 2.24) is 14.1 Å². The molecule has 2 atom stereocenters. The Kier molecular flexibility index (Phi) is 6.81. The summed E-state index contributed by atoms with van der Waals surface area (Å²) in [7, 11) is -3.61. The minimum atomic E-state index is -3.61. The van der Waals surface area contributed by atoms with E-state index in [2.05, 4.69) is 10.4 Å². The average molecular weight is 458 g/mol. The van der Waals surface area contributed by atoms with Crippen LogP contribution < -0.4 is 10.9 Å². The highest BCUT2D eigenvalue weighted by atomic mass is 32.2. The van der Waals surface area contributed by atoms with Crippen molar-refractivity contribution in [2.24, 2.45) is 11.8 Å². The lowest BCUT2D eigenvalue weighted by Crippen LogP contribution is -2.42. The fourth-order valence-corrected chi connectivity index (χ4v) is 5.69. The van der Waals surface area contributed by atoms with Crippen molar-refractivity contribution in [2.75, 3.05) is 18.4 Å². The van der Waals surface area contributed by atoms with Gasteiger partial charge in [-0.1, -0.05) is 13.8 Å². The average Bonchev–Trinajstić information content (AvgIpc) is 2.72. The predicted octanol–water partition coefficient (Wildman–Crippen LogP) is 2.04. The first-order chi connectivity index (χ1) is 15.0. The first kappa shape index (κ1) is 23.6. The van der Waals surface area contributed by atoms with E-state index in [-0.39, 0.29) is 17.0 Å². The maximum absolute atomic E-state index is 13.0. The van der Waals surface area contributed by atoms with Crippen LogP contribution in [0.25, 0.3) is 0 Å². The Morgan fingerprint density at radius 3 is 2.34 bits per heavy atom. The molecule has 2 aromatic rings. The molecule has 1 aliphatic rings. The van der Waals surface area contributed by atoms with E-state index < -0.39 is 21.5 Å². The van der Waals surface area contributed by atoms with E-state index in [1.54, 1.807) is 13.8 Å². The van der Waals surface area contributed by atoms with Gasteiger partial charge in [-0.25, -0.2) is 13.1 Å². The molecular weight excluding hydrogens is 430 g/mol. The second kappa shape index (κ2) is 9.22. The largest absolute Gasteiger partial charge is 0.324 e. The van der Waals surface area contributed by atoms with Crippen molar-refractivity contribution >= 4 is 21.6 Å². The second-order valence-electron chi connectivity index (χ2n) is 8.50. The van der Waals surface area contributed by atoms with E-state index in [1.165, 1.54) is 28.6 Å². The van der Waals surface area contributed by atoms with Gasteiger partial charge in [-0.15, -0.1) is 0 Å². The van der Waals surface area contributed by atoms with Gasteiger partial charge >= 0.3 is 0 Å². The molecule has 0 spiro atoms. The van der Waals surface area contributed by atoms with Crippen molar-refractivity contribution < 1.29 is 13.2 Å². The van der Waals surface area contributed by atoms with Crippen molar-refractivity contribution in [3.05, 3.63) is 51.4 Å². The van der Waals surface area contributed by atoms with Gasteiger partial charge in [0.1, 0.15) is 18.2 Å². The molecule has 0 saturated carbocycles. The van der Waals surface area contributed by atoms with Crippen LogP contribution in [0.15, 0.2) is 34.0 Å². The summed E-state index contributed by atoms with van der Waals surface area (Å²) < 4.78 is 28.4. The molecule has 10 heteroatoms. The van der Waals surface area contributed by atoms with Crippen LogP contribution >= 0.6 is 0 Å². The van der Waals surface area contributed by atoms with Crippen LogP contribution in [0, 0.1) is 37.0 Å². The van der Waals surface area contributed by atoms with Gasteiger partial charge in [-0.2, -0.15) is 14.7 Å². The number of rotatable bonds is 5. The summed E-state index contributed by atoms with van der Waals surface area (Å²) in [5, 5.41) is 15.9. The Morgan fingerprint density at radius 1 is 1.19 bits per heavy atom. The highest BCUT2D eigenvalue weighted by molar-refractivity contribution is 7.89. The number of aromatic nitrogens is 2. The molecule has 9 nitrogen and oxygen atoms in total. The predicted molar refractivity (Wildman–Crippen MR) is 119 cm³/mol. The molecule has 1 fully saturated rings. The molecule has 0 unspecified atom stereocenters. The zero-order chi connectivity index (χ0) is 23.6. The van der Waals surface area contributed by atoms with Crippen LogP contribution in [0.5, 0.6) is 0 Å². The first-order valence-corrected chi connectivity index (χ1v) is 11.9. The fraction of sp³-hybridized carbons (Fsp3) is 0.455. The minimum Gasteiger partial charge on any atom is -0.324 e. The SMILES string of the molecule is Cc1nn(CC(=O)Nc2ccc(S(=O)(=O)N3C[C@H](C)C[C@H](C)C3)cc2)c(=O)c(C#N)c1C. The van der Waals surface area contributed by atoms with Gasteiger partial charge in [0.25, 0.3) is 5.56 Å². The lowest BCUT2D eigenvalue weighted by atomic mass is 9.94. The molecule has 1 aromatic heterocycles. The monoisotopic (exact) mass is 457 g/mol. The van der Waals surface area contributed by atoms with E-state index in [0.717, 1.165) is 11.1 Å². The summed E-state index contributed by atoms with van der Waals surface area (Å²) in [6, 6.07) is 7.80. The highest BCUT2D eigenvalue weighted by Gasteiger charge is 2.31. The van der Waals surface area contributed by atoms with Crippen molar-refractivity contribution in [2.45, 2.75) is 45.6 Å². The van der Waals surface area contributed by atoms with Gasteiger partial charge in [0.2, 0.25) is 15.9 Å². The maximum atomic E-state index is 13.0. The summed E-state index contributed by atoms with van der Waals surface area (Å²) in [4.78, 5) is 24.9. The van der Waals surface area contributed by atoms with Gasteiger partial charge in [-0.05, 0) is 61.9 Å². The number of nitrogens with zero attached hydrogens (tertiary/aromatic N) is 4. The molecule has 32 heavy (non-hydrogen) atoms.